The molecule has 21 heavy (non-hydrogen) atoms. The van der Waals surface area contributed by atoms with Crippen LogP contribution in [0, 0.1) is 0 Å². The lowest BCUT2D eigenvalue weighted by Gasteiger charge is -2.09. The molecule has 1 aromatic heterocycles. The van der Waals surface area contributed by atoms with E-state index in [1.165, 1.54) is 0 Å². The third-order valence-corrected chi connectivity index (χ3v) is 2.50. The van der Waals surface area contributed by atoms with Gasteiger partial charge in [-0.25, -0.2) is 4.79 Å². The maximum absolute atomic E-state index is 11.7. The maximum atomic E-state index is 11.7. The van der Waals surface area contributed by atoms with Gasteiger partial charge in [-0.3, -0.25) is 0 Å². The van der Waals surface area contributed by atoms with Crippen LogP contribution in [0.15, 0.2) is 24.3 Å². The second kappa shape index (κ2) is 5.77. The van der Waals surface area contributed by atoms with E-state index in [9.17, 15) is 4.79 Å². The average Bonchev–Trinajstić information content (AvgIpc) is 3.20. The number of H-pyrrole nitrogens is 1. The van der Waals surface area contributed by atoms with E-state index in [1.807, 2.05) is 0 Å². The Bertz CT molecular complexity index is 1290. The van der Waals surface area contributed by atoms with Gasteiger partial charge in [-0.2, -0.15) is 0 Å². The van der Waals surface area contributed by atoms with E-state index < -0.39 is 91.3 Å². The molecule has 0 bridgehead atoms. The Labute approximate surface area is 146 Å². The Kier molecular flexibility index (Phi) is 1.23. The number of fused-ring (bicyclic) bond motifs is 1. The molecule has 2 heterocycles. The van der Waals surface area contributed by atoms with Crippen molar-refractivity contribution < 1.29 is 31.5 Å². The fraction of sp³-hybridized carbons (Fsp3) is 0.438. The minimum atomic E-state index is -3.46. The van der Waals surface area contributed by atoms with Gasteiger partial charge in [0.2, 0.25) is 0 Å². The van der Waals surface area contributed by atoms with E-state index in [-0.39, 0.29) is 15.2 Å². The molecule has 1 aliphatic rings. The number of hydrogen-bond donors (Lipinski definition) is 2. The van der Waals surface area contributed by atoms with Gasteiger partial charge in [-0.05, 0) is 50.0 Å². The molecule has 5 heteroatoms. The van der Waals surface area contributed by atoms with Crippen LogP contribution in [0.1, 0.15) is 30.3 Å². The molecule has 2 N–H and O–H groups in total. The number of aryl methyl sites for hydroxylation is 1. The van der Waals surface area contributed by atoms with Crippen LogP contribution >= 0.6 is 0 Å². The minimum absolute atomic E-state index is 0.0646. The van der Waals surface area contributed by atoms with Gasteiger partial charge in [0.15, 0.2) is 2.82 Å². The highest BCUT2D eigenvalue weighted by atomic mass is 16.6. The number of nitrogens with zero attached hydrogens (tertiary/aromatic N) is 1. The SMILES string of the molecule is [2H]c1c(C([2H])([2H])[C@@]2([2H])COC(=O)N2[2H])c([2H])c2c(C([2H])([2H])C([2H])([2H])N(C)C([2H])([2H])[2H])c([2H])n([2H])c2c1[2H]. The quantitative estimate of drug-likeness (QED) is 0.887. The lowest BCUT2D eigenvalue weighted by Crippen LogP contribution is -2.28. The first-order valence-electron chi connectivity index (χ1n) is 13.7. The Balaban J connectivity index is 2.46. The fourth-order valence-corrected chi connectivity index (χ4v) is 1.64. The highest BCUT2D eigenvalue weighted by Crippen LogP contribution is 2.21. The molecule has 3 rings (SSSR count). The van der Waals surface area contributed by atoms with Crippen molar-refractivity contribution in [1.29, 1.82) is 0 Å². The molecule has 1 amide bonds. The van der Waals surface area contributed by atoms with Crippen molar-refractivity contribution >= 4 is 17.0 Å². The molecule has 0 unspecified atom stereocenters. The summed E-state index contributed by atoms with van der Waals surface area (Å²) in [6.07, 6.45) is -9.22. The van der Waals surface area contributed by atoms with Crippen LogP contribution < -0.4 is 5.31 Å². The first-order valence-corrected chi connectivity index (χ1v) is 5.84. The molecule has 1 saturated heterocycles. The summed E-state index contributed by atoms with van der Waals surface area (Å²) in [7, 11) is 0.752. The number of cyclic esters (lactones) is 1. The smallest absolute Gasteiger partial charge is 0.407 e. The molecule has 1 aliphatic heterocycles. The van der Waals surface area contributed by atoms with Crippen molar-refractivity contribution in [3.05, 3.63) is 35.4 Å². The second-order valence-electron chi connectivity index (χ2n) is 4.11. The molecule has 1 atom stereocenters. The zero-order valence-electron chi connectivity index (χ0n) is 26.9. The molecule has 0 aliphatic carbocycles. The zero-order chi connectivity index (χ0) is 28.8. The molecular weight excluding hydrogens is 266 g/mol. The standard InChI is InChI=1S/C16H21N3O2/c1-19(2)6-5-12-9-17-15-4-3-11(8-14(12)15)7-13-10-21-16(20)18-13/h3-4,8-9,13,17H,5-7,10H2,1-2H3,(H,18,20)/t13-/m0/s1/i1D3,3D,4D,5D2,6D2,7D2,8D,9D,13D/hD2. The van der Waals surface area contributed by atoms with Gasteiger partial charge < -0.3 is 19.9 Å². The predicted octanol–water partition coefficient (Wildman–Crippen LogP) is 1.92. The van der Waals surface area contributed by atoms with Crippen molar-refractivity contribution in [2.24, 2.45) is 0 Å². The molecule has 0 radical (unpaired) electrons. The minimum Gasteiger partial charge on any atom is -0.447 e. The average molecular weight is 303 g/mol. The molecule has 2 aromatic rings. The monoisotopic (exact) mass is 303 g/mol. The number of amides is 1. The van der Waals surface area contributed by atoms with Crippen LogP contribution in [0.2, 0.25) is 2.82 Å². The normalized spacial score (nSPS) is 35.9. The van der Waals surface area contributed by atoms with Crippen LogP contribution in [-0.4, -0.2) is 49.1 Å². The van der Waals surface area contributed by atoms with Crippen molar-refractivity contribution in [2.75, 3.05) is 27.1 Å². The maximum Gasteiger partial charge on any atom is 0.407 e. The number of ether oxygens (including phenoxy) is 1. The van der Waals surface area contributed by atoms with E-state index in [0.717, 1.165) is 7.05 Å². The molecular formula is C16H21N3O2. The number of rotatable bonds is 5. The summed E-state index contributed by atoms with van der Waals surface area (Å²) < 4.78 is 135. The van der Waals surface area contributed by atoms with Gasteiger partial charge >= 0.3 is 6.09 Å². The van der Waals surface area contributed by atoms with E-state index in [1.54, 1.807) is 0 Å². The van der Waals surface area contributed by atoms with Crippen molar-refractivity contribution in [2.45, 2.75) is 18.8 Å². The number of aromatic nitrogens is 1. The highest BCUT2D eigenvalue weighted by Gasteiger charge is 2.22. The van der Waals surface area contributed by atoms with Gasteiger partial charge in [0, 0.05) is 35.9 Å². The summed E-state index contributed by atoms with van der Waals surface area (Å²) in [6, 6.07) is -6.00. The molecule has 112 valence electrons. The van der Waals surface area contributed by atoms with Crippen molar-refractivity contribution in [1.82, 2.24) is 15.2 Å². The van der Waals surface area contributed by atoms with Crippen LogP contribution in [0.3, 0.4) is 0 Å². The zero-order valence-corrected chi connectivity index (χ0v) is 10.9. The second-order valence-corrected chi connectivity index (χ2v) is 4.11. The van der Waals surface area contributed by atoms with Crippen LogP contribution in [-0.2, 0) is 17.5 Å². The summed E-state index contributed by atoms with van der Waals surface area (Å²) in [5.74, 6) is 0. The van der Waals surface area contributed by atoms with E-state index >= 15 is 0 Å². The van der Waals surface area contributed by atoms with E-state index in [0.29, 0.717) is 0 Å². The number of hydrogen-bond acceptors (Lipinski definition) is 3. The lowest BCUT2D eigenvalue weighted by atomic mass is 10.0. The highest BCUT2D eigenvalue weighted by molar-refractivity contribution is 5.84. The summed E-state index contributed by atoms with van der Waals surface area (Å²) in [4.78, 5) is 11.9. The number of alkyl carbamates (subject to hydrolysis) is 1. The van der Waals surface area contributed by atoms with Gasteiger partial charge in [-0.1, -0.05) is 6.04 Å². The molecule has 0 spiro atoms. The summed E-state index contributed by atoms with van der Waals surface area (Å²) >= 11 is 0. The van der Waals surface area contributed by atoms with Crippen LogP contribution in [0.5, 0.6) is 0 Å². The fourth-order valence-electron chi connectivity index (χ4n) is 1.64. The Morgan fingerprint density at radius 1 is 1.71 bits per heavy atom. The summed E-state index contributed by atoms with van der Waals surface area (Å²) in [5, 5.41) is -0.992. The Hall–Kier alpha value is -2.01. The lowest BCUT2D eigenvalue weighted by molar-refractivity contribution is 0.177. The number of nitrogens with one attached hydrogen (secondary N) is 2. The van der Waals surface area contributed by atoms with Crippen LogP contribution in [0.25, 0.3) is 10.9 Å². The van der Waals surface area contributed by atoms with E-state index in [4.69, 9.17) is 22.0 Å². The van der Waals surface area contributed by atoms with Gasteiger partial charge in [0.05, 0.1) is 12.9 Å². The third-order valence-electron chi connectivity index (χ3n) is 2.50. The molecule has 5 nitrogen and oxygen atoms in total. The number of benzene rings is 1. The molecule has 0 saturated carbocycles. The first kappa shape index (κ1) is 4.49. The van der Waals surface area contributed by atoms with Gasteiger partial charge in [0.1, 0.15) is 6.61 Å². The third kappa shape index (κ3) is 3.19. The largest absolute Gasteiger partial charge is 0.447 e. The number of aromatic amines is 1. The molecule has 1 aromatic carbocycles. The first-order chi connectivity index (χ1) is 16.5. The van der Waals surface area contributed by atoms with Gasteiger partial charge in [0.25, 0.3) is 0 Å². The topological polar surface area (TPSA) is 57.4 Å². The molecule has 1 fully saturated rings. The summed E-state index contributed by atoms with van der Waals surface area (Å²) in [6.45, 7) is -7.57. The number of carbonyl (C=O) groups excluding carboxylic acids is 1. The van der Waals surface area contributed by atoms with E-state index in [2.05, 4.69) is 4.74 Å². The van der Waals surface area contributed by atoms with Gasteiger partial charge in [-0.15, -0.1) is 0 Å². The summed E-state index contributed by atoms with van der Waals surface area (Å²) in [5.41, 5.74) is -2.86. The predicted molar refractivity (Wildman–Crippen MR) is 82.5 cm³/mol. The van der Waals surface area contributed by atoms with Crippen molar-refractivity contribution in [3.63, 3.8) is 0 Å². The Morgan fingerprint density at radius 3 is 3.38 bits per heavy atom. The number of carbonyl (C=O) groups is 1. The van der Waals surface area contributed by atoms with Crippen LogP contribution in [0.4, 0.5) is 4.79 Å². The van der Waals surface area contributed by atoms with Crippen molar-refractivity contribution in [3.8, 4) is 0 Å². The Morgan fingerprint density at radius 2 is 2.62 bits per heavy atom. The number of likely N-dealkylation sites (N-methyl/N-ethyl adjacent to an activating group) is 1.